The third-order valence-corrected chi connectivity index (χ3v) is 3.13. The molecule has 110 valence electrons. The van der Waals surface area contributed by atoms with E-state index in [1.54, 1.807) is 4.90 Å². The summed E-state index contributed by atoms with van der Waals surface area (Å²) in [5.74, 6) is 0.00317. The summed E-state index contributed by atoms with van der Waals surface area (Å²) in [6.45, 7) is 6.42. The Hall–Kier alpha value is -1.14. The standard InChI is InChI=1S/C13H25N3O3/c1-10(2)12-13(18)14-9-11(17)16(12)6-8-19-7-5-15(3)4/h10,12H,5-9H2,1-4H3,(H,14,18). The maximum atomic E-state index is 11.9. The highest BCUT2D eigenvalue weighted by molar-refractivity contribution is 5.94. The van der Waals surface area contributed by atoms with Crippen molar-refractivity contribution in [3.8, 4) is 0 Å². The third-order valence-electron chi connectivity index (χ3n) is 3.13. The van der Waals surface area contributed by atoms with Crippen molar-refractivity contribution in [2.45, 2.75) is 19.9 Å². The summed E-state index contributed by atoms with van der Waals surface area (Å²) in [5.41, 5.74) is 0. The molecule has 1 fully saturated rings. The average molecular weight is 271 g/mol. The number of hydrogen-bond donors (Lipinski definition) is 1. The lowest BCUT2D eigenvalue weighted by atomic mass is 9.99. The maximum Gasteiger partial charge on any atom is 0.243 e. The SMILES string of the molecule is CC(C)C1C(=O)NCC(=O)N1CCOCCN(C)C. The largest absolute Gasteiger partial charge is 0.378 e. The van der Waals surface area contributed by atoms with Crippen LogP contribution in [-0.4, -0.2) is 74.6 Å². The van der Waals surface area contributed by atoms with Crippen LogP contribution in [0.1, 0.15) is 13.8 Å². The Morgan fingerprint density at radius 1 is 1.37 bits per heavy atom. The van der Waals surface area contributed by atoms with Crippen LogP contribution in [0.25, 0.3) is 0 Å². The van der Waals surface area contributed by atoms with E-state index in [1.807, 2.05) is 32.8 Å². The van der Waals surface area contributed by atoms with E-state index in [4.69, 9.17) is 4.74 Å². The van der Waals surface area contributed by atoms with Crippen LogP contribution in [0.2, 0.25) is 0 Å². The van der Waals surface area contributed by atoms with Gasteiger partial charge in [-0.3, -0.25) is 9.59 Å². The Morgan fingerprint density at radius 2 is 2.05 bits per heavy atom. The van der Waals surface area contributed by atoms with Gasteiger partial charge in [0.2, 0.25) is 11.8 Å². The second kappa shape index (κ2) is 7.45. The van der Waals surface area contributed by atoms with E-state index in [0.717, 1.165) is 6.54 Å². The Bertz CT molecular complexity index is 318. The van der Waals surface area contributed by atoms with Crippen molar-refractivity contribution in [1.82, 2.24) is 15.1 Å². The minimum Gasteiger partial charge on any atom is -0.378 e. The molecule has 1 aliphatic heterocycles. The van der Waals surface area contributed by atoms with Crippen molar-refractivity contribution < 1.29 is 14.3 Å². The molecule has 1 heterocycles. The molecule has 0 aromatic heterocycles. The second-order valence-electron chi connectivity index (χ2n) is 5.41. The number of nitrogens with zero attached hydrogens (tertiary/aromatic N) is 2. The molecule has 1 unspecified atom stereocenters. The van der Waals surface area contributed by atoms with Crippen molar-refractivity contribution in [2.24, 2.45) is 5.92 Å². The molecule has 1 N–H and O–H groups in total. The average Bonchev–Trinajstić information content (AvgIpc) is 2.32. The molecular formula is C13H25N3O3. The zero-order valence-corrected chi connectivity index (χ0v) is 12.3. The summed E-state index contributed by atoms with van der Waals surface area (Å²) in [7, 11) is 3.97. The van der Waals surface area contributed by atoms with Gasteiger partial charge in [-0.25, -0.2) is 0 Å². The smallest absolute Gasteiger partial charge is 0.243 e. The van der Waals surface area contributed by atoms with Crippen LogP contribution >= 0.6 is 0 Å². The molecular weight excluding hydrogens is 246 g/mol. The third kappa shape index (κ3) is 4.80. The van der Waals surface area contributed by atoms with Crippen molar-refractivity contribution >= 4 is 11.8 Å². The van der Waals surface area contributed by atoms with Crippen LogP contribution in [0.5, 0.6) is 0 Å². The van der Waals surface area contributed by atoms with E-state index < -0.39 is 0 Å². The van der Waals surface area contributed by atoms with Gasteiger partial charge in [0.05, 0.1) is 19.8 Å². The van der Waals surface area contributed by atoms with Crippen molar-refractivity contribution in [3.05, 3.63) is 0 Å². The molecule has 0 radical (unpaired) electrons. The van der Waals surface area contributed by atoms with Crippen LogP contribution < -0.4 is 5.32 Å². The molecule has 1 aliphatic rings. The van der Waals surface area contributed by atoms with Crippen molar-refractivity contribution in [2.75, 3.05) is 46.9 Å². The van der Waals surface area contributed by atoms with Gasteiger partial charge in [0, 0.05) is 13.1 Å². The van der Waals surface area contributed by atoms with Gasteiger partial charge in [0.25, 0.3) is 0 Å². The number of likely N-dealkylation sites (N-methyl/N-ethyl adjacent to an activating group) is 1. The topological polar surface area (TPSA) is 61.9 Å². The first-order valence-electron chi connectivity index (χ1n) is 6.73. The molecule has 2 amide bonds. The summed E-state index contributed by atoms with van der Waals surface area (Å²) in [6, 6.07) is -0.376. The van der Waals surface area contributed by atoms with Crippen LogP contribution in [0.15, 0.2) is 0 Å². The normalized spacial score (nSPS) is 20.3. The summed E-state index contributed by atoms with van der Waals surface area (Å²) < 4.78 is 5.49. The Morgan fingerprint density at radius 3 is 2.63 bits per heavy atom. The molecule has 0 bridgehead atoms. The molecule has 0 spiro atoms. The lowest BCUT2D eigenvalue weighted by molar-refractivity contribution is -0.148. The highest BCUT2D eigenvalue weighted by Crippen LogP contribution is 2.14. The molecule has 0 saturated carbocycles. The number of amides is 2. The molecule has 1 atom stereocenters. The van der Waals surface area contributed by atoms with Crippen LogP contribution in [0.3, 0.4) is 0 Å². The van der Waals surface area contributed by atoms with Crippen molar-refractivity contribution in [3.63, 3.8) is 0 Å². The van der Waals surface area contributed by atoms with E-state index >= 15 is 0 Å². The van der Waals surface area contributed by atoms with Crippen LogP contribution in [-0.2, 0) is 14.3 Å². The predicted octanol–water partition coefficient (Wildman–Crippen LogP) is -0.452. The molecule has 6 nitrogen and oxygen atoms in total. The highest BCUT2D eigenvalue weighted by Gasteiger charge is 2.35. The lowest BCUT2D eigenvalue weighted by Gasteiger charge is -2.37. The van der Waals surface area contributed by atoms with E-state index in [1.165, 1.54) is 0 Å². The Balaban J connectivity index is 2.43. The minimum absolute atomic E-state index is 0.0329. The van der Waals surface area contributed by atoms with E-state index in [9.17, 15) is 9.59 Å². The molecule has 1 saturated heterocycles. The predicted molar refractivity (Wildman–Crippen MR) is 72.7 cm³/mol. The second-order valence-corrected chi connectivity index (χ2v) is 5.41. The Kier molecular flexibility index (Phi) is 6.24. The first kappa shape index (κ1) is 15.9. The monoisotopic (exact) mass is 271 g/mol. The number of ether oxygens (including phenoxy) is 1. The van der Waals surface area contributed by atoms with Crippen LogP contribution in [0, 0.1) is 5.92 Å². The van der Waals surface area contributed by atoms with E-state index in [0.29, 0.717) is 19.8 Å². The minimum atomic E-state index is -0.376. The van der Waals surface area contributed by atoms with Gasteiger partial charge in [-0.1, -0.05) is 13.8 Å². The molecule has 1 rings (SSSR count). The fraction of sp³-hybridized carbons (Fsp3) is 0.846. The number of carbonyl (C=O) groups is 2. The first-order chi connectivity index (χ1) is 8.93. The summed E-state index contributed by atoms with van der Waals surface area (Å²) in [4.78, 5) is 27.4. The molecule has 0 aromatic carbocycles. The fourth-order valence-corrected chi connectivity index (χ4v) is 2.10. The summed E-state index contributed by atoms with van der Waals surface area (Å²) in [5, 5.41) is 2.63. The highest BCUT2D eigenvalue weighted by atomic mass is 16.5. The lowest BCUT2D eigenvalue weighted by Crippen LogP contribution is -2.60. The summed E-state index contributed by atoms with van der Waals surface area (Å²) in [6.07, 6.45) is 0. The van der Waals surface area contributed by atoms with Crippen molar-refractivity contribution in [1.29, 1.82) is 0 Å². The number of nitrogens with one attached hydrogen (secondary N) is 1. The zero-order chi connectivity index (χ0) is 14.4. The number of hydrogen-bond acceptors (Lipinski definition) is 4. The molecule has 6 heteroatoms. The maximum absolute atomic E-state index is 11.9. The number of rotatable bonds is 7. The molecule has 0 aromatic rings. The number of piperazine rings is 1. The van der Waals surface area contributed by atoms with E-state index in [2.05, 4.69) is 5.32 Å². The van der Waals surface area contributed by atoms with Gasteiger partial charge in [0.15, 0.2) is 0 Å². The van der Waals surface area contributed by atoms with Gasteiger partial charge in [-0.2, -0.15) is 0 Å². The number of carbonyl (C=O) groups excluding carboxylic acids is 2. The summed E-state index contributed by atoms with van der Waals surface area (Å²) >= 11 is 0. The Labute approximate surface area is 115 Å². The van der Waals surface area contributed by atoms with Gasteiger partial charge >= 0.3 is 0 Å². The van der Waals surface area contributed by atoms with Gasteiger partial charge < -0.3 is 19.9 Å². The van der Waals surface area contributed by atoms with Gasteiger partial charge in [0.1, 0.15) is 6.04 Å². The fourth-order valence-electron chi connectivity index (χ4n) is 2.10. The van der Waals surface area contributed by atoms with Gasteiger partial charge in [-0.05, 0) is 20.0 Å². The molecule has 0 aliphatic carbocycles. The van der Waals surface area contributed by atoms with E-state index in [-0.39, 0.29) is 30.3 Å². The zero-order valence-electron chi connectivity index (χ0n) is 12.3. The first-order valence-corrected chi connectivity index (χ1v) is 6.73. The van der Waals surface area contributed by atoms with Crippen LogP contribution in [0.4, 0.5) is 0 Å². The quantitative estimate of drug-likeness (QED) is 0.637. The molecule has 19 heavy (non-hydrogen) atoms. The van der Waals surface area contributed by atoms with Gasteiger partial charge in [-0.15, -0.1) is 0 Å².